The second kappa shape index (κ2) is 8.68. The molecule has 1 heterocycles. The van der Waals surface area contributed by atoms with E-state index in [1.54, 1.807) is 0 Å². The number of ether oxygens (including phenoxy) is 1. The fraction of sp³-hybridized carbons (Fsp3) is 0.500. The molecule has 1 aromatic rings. The Balaban J connectivity index is 1.78. The van der Waals surface area contributed by atoms with E-state index in [9.17, 15) is 9.59 Å². The van der Waals surface area contributed by atoms with Gasteiger partial charge in [-0.1, -0.05) is 0 Å². The van der Waals surface area contributed by atoms with Gasteiger partial charge in [-0.2, -0.15) is 0 Å². The molecule has 1 aromatic carbocycles. The van der Waals surface area contributed by atoms with Crippen LogP contribution in [0, 0.1) is 0 Å². The van der Waals surface area contributed by atoms with Crippen LogP contribution < -0.4 is 10.2 Å². The summed E-state index contributed by atoms with van der Waals surface area (Å²) in [5.41, 5.74) is 1.99. The van der Waals surface area contributed by atoms with Crippen molar-refractivity contribution >= 4 is 35.0 Å². The van der Waals surface area contributed by atoms with Crippen LogP contribution in [-0.2, 0) is 14.3 Å². The van der Waals surface area contributed by atoms with Crippen LogP contribution in [0.25, 0.3) is 0 Å². The molecule has 5 nitrogen and oxygen atoms in total. The molecule has 1 aliphatic rings. The summed E-state index contributed by atoms with van der Waals surface area (Å²) in [4.78, 5) is 25.1. The van der Waals surface area contributed by atoms with E-state index in [-0.39, 0.29) is 23.4 Å². The standard InChI is InChI=1S/C16H22N2O3S/c1-21-16(20)12-22-11-15(19)17-13-5-7-14(8-6-13)18-9-3-2-4-10-18/h5-8H,2-4,9-12H2,1H3,(H,17,19). The SMILES string of the molecule is COC(=O)CSCC(=O)Nc1ccc(N2CCCCC2)cc1. The maximum Gasteiger partial charge on any atom is 0.315 e. The van der Waals surface area contributed by atoms with Gasteiger partial charge in [-0.15, -0.1) is 11.8 Å². The second-order valence-corrected chi connectivity index (χ2v) is 6.20. The lowest BCUT2D eigenvalue weighted by Crippen LogP contribution is -2.29. The van der Waals surface area contributed by atoms with Gasteiger partial charge >= 0.3 is 5.97 Å². The normalized spacial score (nSPS) is 14.5. The number of carbonyl (C=O) groups is 2. The summed E-state index contributed by atoms with van der Waals surface area (Å²) in [5, 5.41) is 2.83. The summed E-state index contributed by atoms with van der Waals surface area (Å²) in [6, 6.07) is 7.94. The summed E-state index contributed by atoms with van der Waals surface area (Å²) >= 11 is 1.24. The van der Waals surface area contributed by atoms with E-state index in [1.807, 2.05) is 24.3 Å². The number of hydrogen-bond donors (Lipinski definition) is 1. The Kier molecular flexibility index (Phi) is 6.58. The molecule has 1 N–H and O–H groups in total. The van der Waals surface area contributed by atoms with Crippen LogP contribution in [0.3, 0.4) is 0 Å². The van der Waals surface area contributed by atoms with Crippen LogP contribution in [0.2, 0.25) is 0 Å². The van der Waals surface area contributed by atoms with Crippen molar-refractivity contribution in [3.8, 4) is 0 Å². The number of esters is 1. The first kappa shape index (κ1) is 16.7. The second-order valence-electron chi connectivity index (χ2n) is 5.21. The summed E-state index contributed by atoms with van der Waals surface area (Å²) in [6.07, 6.45) is 3.81. The molecule has 1 aliphatic heterocycles. The number of nitrogens with one attached hydrogen (secondary N) is 1. The van der Waals surface area contributed by atoms with Crippen molar-refractivity contribution in [3.63, 3.8) is 0 Å². The Morgan fingerprint density at radius 1 is 1.14 bits per heavy atom. The first-order chi connectivity index (χ1) is 10.7. The monoisotopic (exact) mass is 322 g/mol. The number of methoxy groups -OCH3 is 1. The molecule has 0 radical (unpaired) electrons. The van der Waals surface area contributed by atoms with Crippen LogP contribution in [-0.4, -0.2) is 43.6 Å². The highest BCUT2D eigenvalue weighted by Gasteiger charge is 2.11. The predicted octanol–water partition coefficient (Wildman–Crippen LogP) is 2.52. The van der Waals surface area contributed by atoms with E-state index in [1.165, 1.54) is 43.8 Å². The Bertz CT molecular complexity index is 499. The Morgan fingerprint density at radius 3 is 2.45 bits per heavy atom. The Morgan fingerprint density at radius 2 is 1.82 bits per heavy atom. The van der Waals surface area contributed by atoms with Crippen LogP contribution in [0.15, 0.2) is 24.3 Å². The largest absolute Gasteiger partial charge is 0.468 e. The Hall–Kier alpha value is -1.69. The zero-order chi connectivity index (χ0) is 15.8. The number of piperidine rings is 1. The first-order valence-electron chi connectivity index (χ1n) is 7.48. The number of thioether (sulfide) groups is 1. The number of anilines is 2. The number of amides is 1. The molecule has 6 heteroatoms. The van der Waals surface area contributed by atoms with Crippen molar-refractivity contribution in [2.45, 2.75) is 19.3 Å². The summed E-state index contributed by atoms with van der Waals surface area (Å²) in [6.45, 7) is 2.21. The topological polar surface area (TPSA) is 58.6 Å². The van der Waals surface area contributed by atoms with E-state index >= 15 is 0 Å². The molecule has 0 unspecified atom stereocenters. The molecule has 1 amide bonds. The van der Waals surface area contributed by atoms with Gasteiger partial charge in [0.1, 0.15) is 0 Å². The smallest absolute Gasteiger partial charge is 0.315 e. The summed E-state index contributed by atoms with van der Waals surface area (Å²) < 4.78 is 4.52. The lowest BCUT2D eigenvalue weighted by atomic mass is 10.1. The fourth-order valence-corrected chi connectivity index (χ4v) is 3.03. The minimum absolute atomic E-state index is 0.111. The van der Waals surface area contributed by atoms with Gasteiger partial charge in [-0.05, 0) is 43.5 Å². The molecule has 0 aliphatic carbocycles. The Labute approximate surface area is 135 Å². The van der Waals surface area contributed by atoms with Crippen molar-refractivity contribution in [2.75, 3.05) is 41.9 Å². The van der Waals surface area contributed by atoms with Gasteiger partial charge in [0.25, 0.3) is 0 Å². The molecule has 0 atom stereocenters. The van der Waals surface area contributed by atoms with Crippen LogP contribution in [0.1, 0.15) is 19.3 Å². The van der Waals surface area contributed by atoms with Gasteiger partial charge in [0.05, 0.1) is 18.6 Å². The fourth-order valence-electron chi connectivity index (χ4n) is 2.39. The molecule has 1 fully saturated rings. The van der Waals surface area contributed by atoms with Crippen LogP contribution in [0.5, 0.6) is 0 Å². The van der Waals surface area contributed by atoms with E-state index in [0.29, 0.717) is 0 Å². The average Bonchev–Trinajstić information content (AvgIpc) is 2.56. The minimum Gasteiger partial charge on any atom is -0.468 e. The molecule has 22 heavy (non-hydrogen) atoms. The van der Waals surface area contributed by atoms with Gasteiger partial charge in [-0.3, -0.25) is 9.59 Å². The van der Waals surface area contributed by atoms with E-state index in [0.717, 1.165) is 18.8 Å². The van der Waals surface area contributed by atoms with Gasteiger partial charge in [0, 0.05) is 24.5 Å². The number of benzene rings is 1. The number of hydrogen-bond acceptors (Lipinski definition) is 5. The van der Waals surface area contributed by atoms with Gasteiger partial charge in [-0.25, -0.2) is 0 Å². The van der Waals surface area contributed by atoms with Crippen molar-refractivity contribution in [1.82, 2.24) is 0 Å². The van der Waals surface area contributed by atoms with E-state index in [2.05, 4.69) is 15.0 Å². The van der Waals surface area contributed by atoms with Gasteiger partial charge < -0.3 is 15.0 Å². The lowest BCUT2D eigenvalue weighted by Gasteiger charge is -2.28. The maximum absolute atomic E-state index is 11.8. The quantitative estimate of drug-likeness (QED) is 0.816. The number of carbonyl (C=O) groups excluding carboxylic acids is 2. The highest BCUT2D eigenvalue weighted by molar-refractivity contribution is 8.00. The third-order valence-corrected chi connectivity index (χ3v) is 4.46. The molecular weight excluding hydrogens is 300 g/mol. The van der Waals surface area contributed by atoms with Crippen molar-refractivity contribution in [3.05, 3.63) is 24.3 Å². The number of rotatable bonds is 6. The molecule has 0 aromatic heterocycles. The van der Waals surface area contributed by atoms with Gasteiger partial charge in [0.2, 0.25) is 5.91 Å². The minimum atomic E-state index is -0.316. The lowest BCUT2D eigenvalue weighted by molar-refractivity contribution is -0.137. The van der Waals surface area contributed by atoms with Crippen molar-refractivity contribution in [2.24, 2.45) is 0 Å². The van der Waals surface area contributed by atoms with Crippen molar-refractivity contribution < 1.29 is 14.3 Å². The molecule has 0 saturated carbocycles. The van der Waals surface area contributed by atoms with Crippen LogP contribution in [0.4, 0.5) is 11.4 Å². The molecule has 2 rings (SSSR count). The van der Waals surface area contributed by atoms with Crippen molar-refractivity contribution in [1.29, 1.82) is 0 Å². The zero-order valence-electron chi connectivity index (χ0n) is 12.8. The third-order valence-electron chi connectivity index (χ3n) is 3.55. The van der Waals surface area contributed by atoms with E-state index < -0.39 is 0 Å². The highest BCUT2D eigenvalue weighted by Crippen LogP contribution is 2.21. The summed E-state index contributed by atoms with van der Waals surface area (Å²) in [7, 11) is 1.34. The average molecular weight is 322 g/mol. The first-order valence-corrected chi connectivity index (χ1v) is 8.64. The summed E-state index contributed by atoms with van der Waals surface area (Å²) in [5.74, 6) is 0.00385. The molecular formula is C16H22N2O3S. The van der Waals surface area contributed by atoms with E-state index in [4.69, 9.17) is 0 Å². The molecule has 0 bridgehead atoms. The third kappa shape index (κ3) is 5.26. The molecule has 120 valence electrons. The molecule has 1 saturated heterocycles. The highest BCUT2D eigenvalue weighted by atomic mass is 32.2. The molecule has 0 spiro atoms. The van der Waals surface area contributed by atoms with Crippen LogP contribution >= 0.6 is 11.8 Å². The number of nitrogens with zero attached hydrogens (tertiary/aromatic N) is 1. The van der Waals surface area contributed by atoms with Gasteiger partial charge in [0.15, 0.2) is 0 Å². The zero-order valence-corrected chi connectivity index (χ0v) is 13.7. The predicted molar refractivity (Wildman–Crippen MR) is 90.5 cm³/mol. The maximum atomic E-state index is 11.8.